The third-order valence-electron chi connectivity index (χ3n) is 4.17. The van der Waals surface area contributed by atoms with Gasteiger partial charge in [-0.2, -0.15) is 0 Å². The van der Waals surface area contributed by atoms with Gasteiger partial charge in [0, 0.05) is 5.41 Å². The van der Waals surface area contributed by atoms with Gasteiger partial charge in [0.1, 0.15) is 0 Å². The number of carbonyl (C=O) groups excluding carboxylic acids is 2. The Morgan fingerprint density at radius 1 is 1.47 bits per heavy atom. The van der Waals surface area contributed by atoms with Crippen molar-refractivity contribution in [1.82, 2.24) is 0 Å². The van der Waals surface area contributed by atoms with Crippen LogP contribution in [0.15, 0.2) is 12.2 Å². The molecule has 2 fully saturated rings. The number of ether oxygens (including phenoxy) is 1. The highest BCUT2D eigenvalue weighted by Gasteiger charge is 2.64. The molecule has 0 N–H and O–H groups in total. The van der Waals surface area contributed by atoms with Gasteiger partial charge in [-0.05, 0) is 18.8 Å². The number of fused-ring (bicyclic) bond motifs is 5. The first-order valence-electron chi connectivity index (χ1n) is 5.63. The Hall–Kier alpha value is -1.12. The van der Waals surface area contributed by atoms with Crippen LogP contribution in [0.2, 0.25) is 0 Å². The average molecular weight is 206 g/mol. The van der Waals surface area contributed by atoms with E-state index in [2.05, 4.69) is 19.1 Å². The first kappa shape index (κ1) is 9.13. The highest BCUT2D eigenvalue weighted by atomic mass is 16.6. The lowest BCUT2D eigenvalue weighted by molar-refractivity contribution is -0.155. The summed E-state index contributed by atoms with van der Waals surface area (Å²) in [6, 6.07) is 0. The van der Waals surface area contributed by atoms with Crippen LogP contribution in [0, 0.1) is 23.2 Å². The molecule has 1 saturated carbocycles. The van der Waals surface area contributed by atoms with Crippen molar-refractivity contribution < 1.29 is 14.3 Å². The number of hydrogen-bond acceptors (Lipinski definition) is 3. The second-order valence-corrected chi connectivity index (χ2v) is 4.95. The lowest BCUT2D eigenvalue weighted by Crippen LogP contribution is -2.30. The van der Waals surface area contributed by atoms with Crippen molar-refractivity contribution in [1.29, 1.82) is 0 Å². The van der Waals surface area contributed by atoms with E-state index in [1.54, 1.807) is 0 Å². The molecule has 3 nitrogen and oxygen atoms in total. The number of rotatable bonds is 2. The standard InChI is InChI=1S/C12H14O3/c1-2-4-12-5-3-7(6-12)8-9(12)11(14)15-10(8)13/h3,5,7-9H,2,4,6H2,1H3. The van der Waals surface area contributed by atoms with Crippen molar-refractivity contribution in [3.05, 3.63) is 12.2 Å². The van der Waals surface area contributed by atoms with Crippen LogP contribution in [0.3, 0.4) is 0 Å². The fraction of sp³-hybridized carbons (Fsp3) is 0.667. The molecule has 3 heteroatoms. The van der Waals surface area contributed by atoms with Crippen molar-refractivity contribution in [3.8, 4) is 0 Å². The third kappa shape index (κ3) is 0.959. The molecule has 0 aromatic carbocycles. The summed E-state index contributed by atoms with van der Waals surface area (Å²) in [5, 5.41) is 0. The van der Waals surface area contributed by atoms with Gasteiger partial charge in [-0.3, -0.25) is 9.59 Å². The highest BCUT2D eigenvalue weighted by molar-refractivity contribution is 5.98. The molecule has 1 saturated heterocycles. The van der Waals surface area contributed by atoms with Gasteiger partial charge in [-0.25, -0.2) is 0 Å². The number of carbonyl (C=O) groups is 2. The maximum atomic E-state index is 11.7. The molecule has 0 aromatic heterocycles. The van der Waals surface area contributed by atoms with E-state index in [1.165, 1.54) is 0 Å². The van der Waals surface area contributed by atoms with Crippen molar-refractivity contribution in [2.45, 2.75) is 26.2 Å². The molecule has 1 heterocycles. The van der Waals surface area contributed by atoms with E-state index in [0.29, 0.717) is 0 Å². The van der Waals surface area contributed by atoms with Gasteiger partial charge < -0.3 is 4.74 Å². The summed E-state index contributed by atoms with van der Waals surface area (Å²) in [5.74, 6) is -0.683. The largest absolute Gasteiger partial charge is 0.393 e. The summed E-state index contributed by atoms with van der Waals surface area (Å²) in [5.41, 5.74) is -0.0622. The monoisotopic (exact) mass is 206 g/mol. The topological polar surface area (TPSA) is 43.4 Å². The summed E-state index contributed by atoms with van der Waals surface area (Å²) in [6.07, 6.45) is 7.27. The van der Waals surface area contributed by atoms with E-state index in [4.69, 9.17) is 4.74 Å². The van der Waals surface area contributed by atoms with Gasteiger partial charge >= 0.3 is 11.9 Å². The number of esters is 2. The second kappa shape index (κ2) is 2.71. The van der Waals surface area contributed by atoms with Gasteiger partial charge in [-0.1, -0.05) is 25.5 Å². The molecule has 15 heavy (non-hydrogen) atoms. The zero-order valence-electron chi connectivity index (χ0n) is 8.73. The Kier molecular flexibility index (Phi) is 1.65. The molecule has 3 rings (SSSR count). The minimum Gasteiger partial charge on any atom is -0.393 e. The Bertz CT molecular complexity index is 371. The van der Waals surface area contributed by atoms with Crippen molar-refractivity contribution in [2.24, 2.45) is 23.2 Å². The van der Waals surface area contributed by atoms with Crippen LogP contribution >= 0.6 is 0 Å². The van der Waals surface area contributed by atoms with Crippen molar-refractivity contribution in [3.63, 3.8) is 0 Å². The van der Waals surface area contributed by atoms with Crippen LogP contribution < -0.4 is 0 Å². The minimum absolute atomic E-state index is 0.0622. The molecule has 2 aliphatic carbocycles. The molecule has 1 aliphatic heterocycles. The molecule has 0 spiro atoms. The molecular weight excluding hydrogens is 192 g/mol. The third-order valence-corrected chi connectivity index (χ3v) is 4.17. The van der Waals surface area contributed by atoms with E-state index in [-0.39, 0.29) is 35.1 Å². The van der Waals surface area contributed by atoms with Gasteiger partial charge in [0.2, 0.25) is 0 Å². The SMILES string of the molecule is CCCC12C=CC(C1)C1C(=O)OC(=O)C12. The maximum Gasteiger partial charge on any atom is 0.318 e. The van der Waals surface area contributed by atoms with Crippen LogP contribution in [0.25, 0.3) is 0 Å². The Labute approximate surface area is 88.5 Å². The molecule has 2 bridgehead atoms. The van der Waals surface area contributed by atoms with Crippen LogP contribution in [0.5, 0.6) is 0 Å². The van der Waals surface area contributed by atoms with Gasteiger partial charge in [0.05, 0.1) is 11.8 Å². The second-order valence-electron chi connectivity index (χ2n) is 4.95. The molecule has 4 atom stereocenters. The molecule has 0 amide bonds. The van der Waals surface area contributed by atoms with Crippen LogP contribution in [-0.2, 0) is 14.3 Å². The summed E-state index contributed by atoms with van der Waals surface area (Å²) in [4.78, 5) is 23.2. The quantitative estimate of drug-likeness (QED) is 0.392. The number of hydrogen-bond donors (Lipinski definition) is 0. The van der Waals surface area contributed by atoms with Crippen molar-refractivity contribution in [2.75, 3.05) is 0 Å². The predicted molar refractivity (Wildman–Crippen MR) is 52.7 cm³/mol. The Morgan fingerprint density at radius 3 is 3.00 bits per heavy atom. The summed E-state index contributed by atoms with van der Waals surface area (Å²) in [7, 11) is 0. The van der Waals surface area contributed by atoms with Crippen molar-refractivity contribution >= 4 is 11.9 Å². The summed E-state index contributed by atoms with van der Waals surface area (Å²) in [6.45, 7) is 2.12. The van der Waals surface area contributed by atoms with Crippen LogP contribution in [0.1, 0.15) is 26.2 Å². The van der Waals surface area contributed by atoms with E-state index in [9.17, 15) is 9.59 Å². The van der Waals surface area contributed by atoms with Crippen LogP contribution in [-0.4, -0.2) is 11.9 Å². The lowest BCUT2D eigenvalue weighted by Gasteiger charge is -2.28. The minimum atomic E-state index is -0.294. The summed E-state index contributed by atoms with van der Waals surface area (Å²) >= 11 is 0. The number of allylic oxidation sites excluding steroid dienone is 2. The van der Waals surface area contributed by atoms with E-state index in [0.717, 1.165) is 19.3 Å². The predicted octanol–water partition coefficient (Wildman–Crippen LogP) is 1.68. The first-order valence-corrected chi connectivity index (χ1v) is 5.63. The molecule has 80 valence electrons. The van der Waals surface area contributed by atoms with E-state index < -0.39 is 0 Å². The smallest absolute Gasteiger partial charge is 0.318 e. The van der Waals surface area contributed by atoms with Gasteiger partial charge in [0.15, 0.2) is 0 Å². The molecular formula is C12H14O3. The van der Waals surface area contributed by atoms with E-state index >= 15 is 0 Å². The van der Waals surface area contributed by atoms with E-state index in [1.807, 2.05) is 0 Å². The van der Waals surface area contributed by atoms with Crippen LogP contribution in [0.4, 0.5) is 0 Å². The summed E-state index contributed by atoms with van der Waals surface area (Å²) < 4.78 is 4.76. The Morgan fingerprint density at radius 2 is 2.27 bits per heavy atom. The van der Waals surface area contributed by atoms with Gasteiger partial charge in [0.25, 0.3) is 0 Å². The average Bonchev–Trinajstić information content (AvgIpc) is 2.79. The number of cyclic esters (lactones) is 2. The fourth-order valence-electron chi connectivity index (χ4n) is 3.70. The fourth-order valence-corrected chi connectivity index (χ4v) is 3.70. The maximum absolute atomic E-state index is 11.7. The molecule has 3 aliphatic rings. The molecule has 0 radical (unpaired) electrons. The molecule has 0 aromatic rings. The zero-order chi connectivity index (χ0) is 10.6. The normalized spacial score (nSPS) is 46.1. The lowest BCUT2D eigenvalue weighted by atomic mass is 9.72. The first-order chi connectivity index (χ1) is 7.18. The van der Waals surface area contributed by atoms with Gasteiger partial charge in [-0.15, -0.1) is 0 Å². The highest BCUT2D eigenvalue weighted by Crippen LogP contribution is 2.61. The molecule has 4 unspecified atom stereocenters. The Balaban J connectivity index is 2.03. The zero-order valence-corrected chi connectivity index (χ0v) is 8.73.